The molecule has 3 rings (SSSR count). The molecule has 120 valence electrons. The second kappa shape index (κ2) is 7.28. The highest BCUT2D eigenvalue weighted by Gasteiger charge is 2.01. The van der Waals surface area contributed by atoms with Gasteiger partial charge in [0.05, 0.1) is 12.8 Å². The molecule has 0 saturated carbocycles. The van der Waals surface area contributed by atoms with Crippen LogP contribution in [-0.4, -0.2) is 23.8 Å². The summed E-state index contributed by atoms with van der Waals surface area (Å²) >= 11 is 0. The Hall–Kier alpha value is -3.34. The van der Waals surface area contributed by atoms with Crippen molar-refractivity contribution in [1.82, 2.24) is 5.43 Å². The van der Waals surface area contributed by atoms with Crippen LogP contribution in [-0.2, 0) is 4.79 Å². The summed E-state index contributed by atoms with van der Waals surface area (Å²) in [6.07, 6.45) is 1.41. The van der Waals surface area contributed by atoms with Gasteiger partial charge in [-0.3, -0.25) is 4.79 Å². The molecule has 0 aromatic heterocycles. The number of aromatic hydroxyl groups is 1. The van der Waals surface area contributed by atoms with E-state index in [1.807, 2.05) is 42.5 Å². The fraction of sp³-hybridized carbons (Fsp3) is 0.0526. The summed E-state index contributed by atoms with van der Waals surface area (Å²) < 4.78 is 0. The number of para-hydroxylation sites is 1. The van der Waals surface area contributed by atoms with Crippen molar-refractivity contribution in [3.05, 3.63) is 72.3 Å². The van der Waals surface area contributed by atoms with Crippen LogP contribution in [0.2, 0.25) is 0 Å². The van der Waals surface area contributed by atoms with Crippen LogP contribution in [0.1, 0.15) is 5.56 Å². The Morgan fingerprint density at radius 1 is 1.00 bits per heavy atom. The van der Waals surface area contributed by atoms with Crippen LogP contribution in [0.4, 0.5) is 5.69 Å². The van der Waals surface area contributed by atoms with Crippen LogP contribution in [0.25, 0.3) is 10.8 Å². The molecule has 3 aromatic carbocycles. The monoisotopic (exact) mass is 319 g/mol. The van der Waals surface area contributed by atoms with Crippen LogP contribution in [0.3, 0.4) is 0 Å². The third-order valence-corrected chi connectivity index (χ3v) is 3.53. The molecule has 0 radical (unpaired) electrons. The summed E-state index contributed by atoms with van der Waals surface area (Å²) in [6.45, 7) is 0.108. The number of fused-ring (bicyclic) bond motifs is 1. The van der Waals surface area contributed by atoms with E-state index in [0.717, 1.165) is 16.5 Å². The maximum Gasteiger partial charge on any atom is 0.259 e. The zero-order chi connectivity index (χ0) is 16.8. The zero-order valence-corrected chi connectivity index (χ0v) is 12.9. The molecule has 3 N–H and O–H groups in total. The fourth-order valence-electron chi connectivity index (χ4n) is 2.29. The highest BCUT2D eigenvalue weighted by molar-refractivity contribution is 5.88. The van der Waals surface area contributed by atoms with E-state index < -0.39 is 0 Å². The Morgan fingerprint density at radius 3 is 2.58 bits per heavy atom. The first-order chi connectivity index (χ1) is 11.7. The van der Waals surface area contributed by atoms with E-state index in [4.69, 9.17) is 0 Å². The van der Waals surface area contributed by atoms with E-state index in [1.54, 1.807) is 24.3 Å². The molecule has 5 nitrogen and oxygen atoms in total. The molecular weight excluding hydrogens is 302 g/mol. The first-order valence-electron chi connectivity index (χ1n) is 7.55. The smallest absolute Gasteiger partial charge is 0.259 e. The van der Waals surface area contributed by atoms with Crippen LogP contribution in [0, 0.1) is 0 Å². The molecule has 0 aliphatic rings. The Labute approximate surface area is 139 Å². The number of carbonyl (C=O) groups excluding carboxylic acids is 1. The number of amides is 1. The summed E-state index contributed by atoms with van der Waals surface area (Å²) in [5.41, 5.74) is 3.83. The van der Waals surface area contributed by atoms with Gasteiger partial charge in [0.25, 0.3) is 5.91 Å². The molecule has 0 aliphatic heterocycles. The number of phenols is 1. The van der Waals surface area contributed by atoms with Crippen molar-refractivity contribution in [2.45, 2.75) is 0 Å². The molecule has 0 heterocycles. The van der Waals surface area contributed by atoms with E-state index in [2.05, 4.69) is 15.8 Å². The highest BCUT2D eigenvalue weighted by atomic mass is 16.3. The predicted molar refractivity (Wildman–Crippen MR) is 96.3 cm³/mol. The number of benzene rings is 3. The molecule has 3 aromatic rings. The van der Waals surface area contributed by atoms with Crippen molar-refractivity contribution in [1.29, 1.82) is 0 Å². The second-order valence-electron chi connectivity index (χ2n) is 5.27. The van der Waals surface area contributed by atoms with Crippen LogP contribution < -0.4 is 10.7 Å². The van der Waals surface area contributed by atoms with Gasteiger partial charge in [-0.15, -0.1) is 0 Å². The first kappa shape index (κ1) is 15.6. The van der Waals surface area contributed by atoms with Gasteiger partial charge < -0.3 is 10.4 Å². The van der Waals surface area contributed by atoms with Gasteiger partial charge in [0.15, 0.2) is 0 Å². The number of hydrogen-bond acceptors (Lipinski definition) is 4. The van der Waals surface area contributed by atoms with Crippen molar-refractivity contribution in [2.75, 3.05) is 11.9 Å². The van der Waals surface area contributed by atoms with Gasteiger partial charge in [0.2, 0.25) is 0 Å². The number of nitrogens with one attached hydrogen (secondary N) is 2. The molecular formula is C19H17N3O2. The molecule has 0 fully saturated rings. The Kier molecular flexibility index (Phi) is 4.72. The zero-order valence-electron chi connectivity index (χ0n) is 12.9. The predicted octanol–water partition coefficient (Wildman–Crippen LogP) is 3.11. The molecule has 0 bridgehead atoms. The number of nitrogens with zero attached hydrogens (tertiary/aromatic N) is 1. The maximum atomic E-state index is 11.8. The van der Waals surface area contributed by atoms with Crippen molar-refractivity contribution >= 4 is 28.6 Å². The summed E-state index contributed by atoms with van der Waals surface area (Å²) in [6, 6.07) is 20.7. The topological polar surface area (TPSA) is 73.7 Å². The highest BCUT2D eigenvalue weighted by Crippen LogP contribution is 2.18. The number of hydrogen-bond donors (Lipinski definition) is 3. The van der Waals surface area contributed by atoms with Gasteiger partial charge in [-0.2, -0.15) is 5.10 Å². The van der Waals surface area contributed by atoms with Crippen molar-refractivity contribution in [3.63, 3.8) is 0 Å². The Bertz CT molecular complexity index is 890. The number of carbonyl (C=O) groups is 1. The lowest BCUT2D eigenvalue weighted by molar-refractivity contribution is -0.119. The average Bonchev–Trinajstić information content (AvgIpc) is 2.61. The van der Waals surface area contributed by atoms with E-state index in [9.17, 15) is 9.90 Å². The summed E-state index contributed by atoms with van der Waals surface area (Å²) in [5.74, 6) is -0.153. The van der Waals surface area contributed by atoms with E-state index in [-0.39, 0.29) is 18.2 Å². The van der Waals surface area contributed by atoms with Gasteiger partial charge in [-0.1, -0.05) is 42.5 Å². The second-order valence-corrected chi connectivity index (χ2v) is 5.27. The van der Waals surface area contributed by atoms with Crippen LogP contribution in [0.5, 0.6) is 5.75 Å². The molecule has 0 unspecified atom stereocenters. The molecule has 0 aliphatic carbocycles. The largest absolute Gasteiger partial charge is 0.507 e. The molecule has 0 saturated heterocycles. The molecule has 0 atom stereocenters. The third kappa shape index (κ3) is 3.89. The average molecular weight is 319 g/mol. The molecule has 24 heavy (non-hydrogen) atoms. The lowest BCUT2D eigenvalue weighted by Gasteiger charge is -2.06. The number of rotatable bonds is 5. The molecule has 0 spiro atoms. The minimum Gasteiger partial charge on any atom is -0.507 e. The third-order valence-electron chi connectivity index (χ3n) is 3.53. The standard InChI is InChI=1S/C19H17N3O2/c23-18-8-4-3-7-16(18)12-21-22-19(24)13-20-17-10-9-14-5-1-2-6-15(14)11-17/h1-12,20,23H,13H2,(H,22,24). The number of anilines is 1. The summed E-state index contributed by atoms with van der Waals surface area (Å²) in [4.78, 5) is 11.8. The summed E-state index contributed by atoms with van der Waals surface area (Å²) in [7, 11) is 0. The van der Waals surface area contributed by atoms with Gasteiger partial charge in [0, 0.05) is 11.3 Å². The van der Waals surface area contributed by atoms with Gasteiger partial charge in [-0.05, 0) is 35.0 Å². The van der Waals surface area contributed by atoms with Gasteiger partial charge in [-0.25, -0.2) is 5.43 Å². The number of hydrazone groups is 1. The lowest BCUT2D eigenvalue weighted by Crippen LogP contribution is -2.25. The minimum atomic E-state index is -0.269. The fourth-order valence-corrected chi connectivity index (χ4v) is 2.29. The Balaban J connectivity index is 1.54. The maximum absolute atomic E-state index is 11.8. The Morgan fingerprint density at radius 2 is 1.75 bits per heavy atom. The molecule has 1 amide bonds. The normalized spacial score (nSPS) is 10.8. The van der Waals surface area contributed by atoms with E-state index in [0.29, 0.717) is 5.56 Å². The minimum absolute atomic E-state index is 0.108. The van der Waals surface area contributed by atoms with E-state index >= 15 is 0 Å². The lowest BCUT2D eigenvalue weighted by atomic mass is 10.1. The quantitative estimate of drug-likeness (QED) is 0.500. The van der Waals surface area contributed by atoms with Crippen LogP contribution >= 0.6 is 0 Å². The van der Waals surface area contributed by atoms with Gasteiger partial charge >= 0.3 is 0 Å². The van der Waals surface area contributed by atoms with E-state index in [1.165, 1.54) is 6.21 Å². The van der Waals surface area contributed by atoms with Crippen molar-refractivity contribution in [2.24, 2.45) is 5.10 Å². The SMILES string of the molecule is O=C(CNc1ccc2ccccc2c1)NN=Cc1ccccc1O. The van der Waals surface area contributed by atoms with Crippen molar-refractivity contribution < 1.29 is 9.90 Å². The van der Waals surface area contributed by atoms with Crippen molar-refractivity contribution in [3.8, 4) is 5.75 Å². The summed E-state index contributed by atoms with van der Waals surface area (Å²) in [5, 5.41) is 18.8. The first-order valence-corrected chi connectivity index (χ1v) is 7.55. The van der Waals surface area contributed by atoms with Crippen LogP contribution in [0.15, 0.2) is 71.8 Å². The molecule has 5 heteroatoms. The van der Waals surface area contributed by atoms with Gasteiger partial charge in [0.1, 0.15) is 5.75 Å². The number of phenolic OH excluding ortho intramolecular Hbond substituents is 1.